The summed E-state index contributed by atoms with van der Waals surface area (Å²) in [5.74, 6) is -2.37. The summed E-state index contributed by atoms with van der Waals surface area (Å²) in [6, 6.07) is 1.09. The molecule has 0 bridgehead atoms. The van der Waals surface area contributed by atoms with Crippen LogP contribution in [-0.4, -0.2) is 34.7 Å². The summed E-state index contributed by atoms with van der Waals surface area (Å²) in [5.41, 5.74) is -1.36. The van der Waals surface area contributed by atoms with Gasteiger partial charge in [-0.25, -0.2) is 4.79 Å². The Labute approximate surface area is 125 Å². The number of halogens is 4. The molecular formula is C12H11BrF3NO4. The minimum absolute atomic E-state index is 0.0983. The van der Waals surface area contributed by atoms with Gasteiger partial charge in [0.25, 0.3) is 5.91 Å². The fourth-order valence-corrected chi connectivity index (χ4v) is 1.92. The number of carbonyl (C=O) groups excluding carboxylic acids is 1. The lowest BCUT2D eigenvalue weighted by Crippen LogP contribution is -2.41. The second-order valence-electron chi connectivity index (χ2n) is 4.07. The van der Waals surface area contributed by atoms with Crippen molar-refractivity contribution in [1.82, 2.24) is 5.32 Å². The van der Waals surface area contributed by atoms with Gasteiger partial charge in [0, 0.05) is 17.5 Å². The van der Waals surface area contributed by atoms with Crippen molar-refractivity contribution in [2.75, 3.05) is 6.61 Å². The van der Waals surface area contributed by atoms with Crippen molar-refractivity contribution in [2.24, 2.45) is 0 Å². The molecule has 116 valence electrons. The maximum Gasteiger partial charge on any atom is 0.416 e. The van der Waals surface area contributed by atoms with E-state index in [0.29, 0.717) is 6.07 Å². The van der Waals surface area contributed by atoms with E-state index in [1.807, 2.05) is 0 Å². The number of hydrogen-bond donors (Lipinski definition) is 3. The lowest BCUT2D eigenvalue weighted by atomic mass is 10.1. The first-order chi connectivity index (χ1) is 9.66. The first-order valence-electron chi connectivity index (χ1n) is 5.68. The van der Waals surface area contributed by atoms with E-state index >= 15 is 0 Å². The normalized spacial score (nSPS) is 12.8. The van der Waals surface area contributed by atoms with Crippen LogP contribution < -0.4 is 5.32 Å². The molecule has 5 nitrogen and oxygen atoms in total. The van der Waals surface area contributed by atoms with Crippen molar-refractivity contribution in [2.45, 2.75) is 18.6 Å². The van der Waals surface area contributed by atoms with Gasteiger partial charge in [0.05, 0.1) is 11.1 Å². The van der Waals surface area contributed by atoms with E-state index in [1.165, 1.54) is 0 Å². The summed E-state index contributed by atoms with van der Waals surface area (Å²) in [5, 5.41) is 19.6. The lowest BCUT2D eigenvalue weighted by Gasteiger charge is -2.15. The topological polar surface area (TPSA) is 86.6 Å². The van der Waals surface area contributed by atoms with Crippen LogP contribution in [0.5, 0.6) is 0 Å². The molecule has 0 aliphatic carbocycles. The van der Waals surface area contributed by atoms with Crippen LogP contribution in [0.4, 0.5) is 13.2 Å². The van der Waals surface area contributed by atoms with Crippen molar-refractivity contribution >= 4 is 27.8 Å². The summed E-state index contributed by atoms with van der Waals surface area (Å²) in [6.45, 7) is -0.485. The molecule has 9 heteroatoms. The van der Waals surface area contributed by atoms with Crippen molar-refractivity contribution in [3.63, 3.8) is 0 Å². The van der Waals surface area contributed by atoms with Gasteiger partial charge in [-0.3, -0.25) is 4.79 Å². The van der Waals surface area contributed by atoms with Crippen LogP contribution in [-0.2, 0) is 11.0 Å². The van der Waals surface area contributed by atoms with Gasteiger partial charge in [-0.2, -0.15) is 13.2 Å². The molecule has 1 unspecified atom stereocenters. The minimum atomic E-state index is -4.62. The third kappa shape index (κ3) is 4.71. The maximum atomic E-state index is 12.6. The molecule has 0 aromatic heterocycles. The molecule has 0 saturated carbocycles. The maximum absolute atomic E-state index is 12.6. The van der Waals surface area contributed by atoms with E-state index < -0.39 is 36.3 Å². The van der Waals surface area contributed by atoms with Gasteiger partial charge in [0.15, 0.2) is 0 Å². The minimum Gasteiger partial charge on any atom is -0.480 e. The third-order valence-corrected chi connectivity index (χ3v) is 3.25. The number of nitrogens with one attached hydrogen (secondary N) is 1. The van der Waals surface area contributed by atoms with Crippen LogP contribution in [0.25, 0.3) is 0 Å². The van der Waals surface area contributed by atoms with Gasteiger partial charge < -0.3 is 15.5 Å². The predicted octanol–water partition coefficient (Wildman–Crippen LogP) is 2.03. The molecule has 1 amide bonds. The highest BCUT2D eigenvalue weighted by atomic mass is 79.9. The second-order valence-corrected chi connectivity index (χ2v) is 4.92. The fraction of sp³-hybridized carbons (Fsp3) is 0.333. The predicted molar refractivity (Wildman–Crippen MR) is 69.7 cm³/mol. The van der Waals surface area contributed by atoms with Crippen molar-refractivity contribution in [3.8, 4) is 0 Å². The highest BCUT2D eigenvalue weighted by molar-refractivity contribution is 9.10. The Bertz CT molecular complexity index is 548. The molecule has 1 aromatic rings. The molecule has 1 rings (SSSR count). The number of rotatable bonds is 5. The van der Waals surface area contributed by atoms with Crippen LogP contribution in [0.3, 0.4) is 0 Å². The van der Waals surface area contributed by atoms with Gasteiger partial charge >= 0.3 is 12.1 Å². The zero-order chi connectivity index (χ0) is 16.2. The molecule has 0 heterocycles. The van der Waals surface area contributed by atoms with E-state index in [9.17, 15) is 22.8 Å². The number of carbonyl (C=O) groups is 2. The van der Waals surface area contributed by atoms with Crippen LogP contribution >= 0.6 is 15.9 Å². The molecule has 0 saturated heterocycles. The molecule has 0 fully saturated rings. The number of aliphatic hydroxyl groups is 1. The van der Waals surface area contributed by atoms with Gasteiger partial charge in [-0.15, -0.1) is 0 Å². The molecule has 0 radical (unpaired) electrons. The summed E-state index contributed by atoms with van der Waals surface area (Å²) in [4.78, 5) is 22.7. The molecule has 3 N–H and O–H groups in total. The smallest absolute Gasteiger partial charge is 0.416 e. The Hall–Kier alpha value is -1.61. The Balaban J connectivity index is 3.04. The average molecular weight is 370 g/mol. The molecular weight excluding hydrogens is 359 g/mol. The summed E-state index contributed by atoms with van der Waals surface area (Å²) >= 11 is 2.94. The Morgan fingerprint density at radius 1 is 1.33 bits per heavy atom. The monoisotopic (exact) mass is 369 g/mol. The molecule has 1 aromatic carbocycles. The second kappa shape index (κ2) is 6.90. The van der Waals surface area contributed by atoms with E-state index in [1.54, 1.807) is 0 Å². The summed E-state index contributed by atoms with van der Waals surface area (Å²) in [7, 11) is 0. The summed E-state index contributed by atoms with van der Waals surface area (Å²) < 4.78 is 37.9. The van der Waals surface area contributed by atoms with E-state index in [4.69, 9.17) is 10.2 Å². The first kappa shape index (κ1) is 17.4. The van der Waals surface area contributed by atoms with Gasteiger partial charge in [-0.1, -0.05) is 0 Å². The highest BCUT2D eigenvalue weighted by Gasteiger charge is 2.32. The zero-order valence-electron chi connectivity index (χ0n) is 10.4. The lowest BCUT2D eigenvalue weighted by molar-refractivity contribution is -0.140. The van der Waals surface area contributed by atoms with Gasteiger partial charge in [0.2, 0.25) is 0 Å². The Morgan fingerprint density at radius 3 is 2.43 bits per heavy atom. The largest absolute Gasteiger partial charge is 0.480 e. The Kier molecular flexibility index (Phi) is 5.73. The highest BCUT2D eigenvalue weighted by Crippen LogP contribution is 2.31. The van der Waals surface area contributed by atoms with E-state index in [0.717, 1.165) is 12.1 Å². The molecule has 0 aliphatic rings. The number of aliphatic hydroxyl groups excluding tert-OH is 1. The summed E-state index contributed by atoms with van der Waals surface area (Å²) in [6.07, 6.45) is -4.87. The van der Waals surface area contributed by atoms with Gasteiger partial charge in [0.1, 0.15) is 6.04 Å². The van der Waals surface area contributed by atoms with Crippen molar-refractivity contribution < 1.29 is 33.0 Å². The number of hydrogen-bond acceptors (Lipinski definition) is 3. The van der Waals surface area contributed by atoms with Crippen LogP contribution in [0.15, 0.2) is 22.7 Å². The van der Waals surface area contributed by atoms with E-state index in [2.05, 4.69) is 21.2 Å². The van der Waals surface area contributed by atoms with Crippen LogP contribution in [0, 0.1) is 0 Å². The SMILES string of the molecule is O=C(NC(CCO)C(=O)O)c1cc(C(F)(F)F)ccc1Br. The third-order valence-electron chi connectivity index (χ3n) is 2.56. The van der Waals surface area contributed by atoms with Crippen LogP contribution in [0.2, 0.25) is 0 Å². The molecule has 0 aliphatic heterocycles. The number of amides is 1. The van der Waals surface area contributed by atoms with Crippen molar-refractivity contribution in [3.05, 3.63) is 33.8 Å². The first-order valence-corrected chi connectivity index (χ1v) is 6.47. The number of carboxylic acids is 1. The Morgan fingerprint density at radius 2 is 1.95 bits per heavy atom. The molecule has 0 spiro atoms. The fourth-order valence-electron chi connectivity index (χ4n) is 1.50. The average Bonchev–Trinajstić information content (AvgIpc) is 2.36. The number of aliphatic carboxylic acids is 1. The van der Waals surface area contributed by atoms with Crippen molar-refractivity contribution in [1.29, 1.82) is 0 Å². The zero-order valence-corrected chi connectivity index (χ0v) is 12.0. The molecule has 1 atom stereocenters. The number of carboxylic acid groups (broad SMARTS) is 1. The standard InChI is InChI=1S/C12H11BrF3NO4/c13-8-2-1-6(12(14,15)16)5-7(8)10(19)17-9(3-4-18)11(20)21/h1-2,5,9,18H,3-4H2,(H,17,19)(H,20,21). The number of alkyl halides is 3. The molecule has 21 heavy (non-hydrogen) atoms. The quantitative estimate of drug-likeness (QED) is 0.741. The van der Waals surface area contributed by atoms with E-state index in [-0.39, 0.29) is 16.5 Å². The van der Waals surface area contributed by atoms with Gasteiger partial charge in [-0.05, 0) is 34.1 Å². The van der Waals surface area contributed by atoms with Crippen LogP contribution in [0.1, 0.15) is 22.3 Å². The number of benzene rings is 1.